The molecule has 0 saturated carbocycles. The van der Waals surface area contributed by atoms with Crippen LogP contribution in [0.3, 0.4) is 0 Å². The molecule has 3 heteroatoms. The molecule has 0 aliphatic rings. The first-order chi connectivity index (χ1) is 3.42. The molecule has 0 spiro atoms. The van der Waals surface area contributed by atoms with Crippen LogP contribution >= 0.6 is 0 Å². The Balaban J connectivity index is 0. The molecular formula is C6H13NaO2. The number of hydrogen-bond acceptors (Lipinski definition) is 1. The molecule has 50 valence electrons. The van der Waals surface area contributed by atoms with Crippen LogP contribution in [0.2, 0.25) is 0 Å². The Kier molecular flexibility index (Phi) is 5.83. The zero-order valence-electron chi connectivity index (χ0n) is 5.56. The van der Waals surface area contributed by atoms with Crippen molar-refractivity contribution in [3.8, 4) is 0 Å². The van der Waals surface area contributed by atoms with Gasteiger partial charge in [0.15, 0.2) is 0 Å². The quantitative estimate of drug-likeness (QED) is 0.548. The van der Waals surface area contributed by atoms with Gasteiger partial charge in [-0.1, -0.05) is 20.8 Å². The Labute approximate surface area is 77.9 Å². The molecule has 0 bridgehead atoms. The van der Waals surface area contributed by atoms with Gasteiger partial charge in [0.25, 0.3) is 0 Å². The normalized spacial score (nSPS) is 10.1. The monoisotopic (exact) mass is 140 g/mol. The maximum atomic E-state index is 10.0. The van der Waals surface area contributed by atoms with Crippen LogP contribution in [0.5, 0.6) is 0 Å². The van der Waals surface area contributed by atoms with E-state index in [1.807, 2.05) is 20.8 Å². The van der Waals surface area contributed by atoms with Crippen molar-refractivity contribution >= 4 is 35.5 Å². The van der Waals surface area contributed by atoms with Gasteiger partial charge in [0, 0.05) is 0 Å². The molecule has 1 N–H and O–H groups in total. The van der Waals surface area contributed by atoms with Gasteiger partial charge in [-0.15, -0.1) is 0 Å². The molecule has 9 heavy (non-hydrogen) atoms. The summed E-state index contributed by atoms with van der Waals surface area (Å²) in [5.74, 6) is -0.725. The Morgan fingerprint density at radius 2 is 1.78 bits per heavy atom. The molecule has 0 amide bonds. The van der Waals surface area contributed by atoms with Crippen LogP contribution in [0.25, 0.3) is 0 Å². The number of carboxylic acid groups (broad SMARTS) is 1. The van der Waals surface area contributed by atoms with Crippen molar-refractivity contribution < 1.29 is 9.90 Å². The average Bonchev–Trinajstić information content (AvgIpc) is 1.21. The van der Waals surface area contributed by atoms with Crippen LogP contribution in [-0.2, 0) is 4.79 Å². The molecule has 0 atom stereocenters. The Morgan fingerprint density at radius 3 is 1.78 bits per heavy atom. The first-order valence-corrected chi connectivity index (χ1v) is 2.63. The van der Waals surface area contributed by atoms with Crippen LogP contribution in [0.4, 0.5) is 0 Å². The third-order valence-corrected chi connectivity index (χ3v) is 0.682. The number of carbonyl (C=O) groups is 1. The van der Waals surface area contributed by atoms with Crippen LogP contribution < -0.4 is 0 Å². The van der Waals surface area contributed by atoms with Gasteiger partial charge in [0.05, 0.1) is 6.42 Å². The van der Waals surface area contributed by atoms with Crippen molar-refractivity contribution in [2.24, 2.45) is 5.41 Å². The van der Waals surface area contributed by atoms with Gasteiger partial charge in [-0.05, 0) is 5.41 Å². The average molecular weight is 140 g/mol. The zero-order valence-corrected chi connectivity index (χ0v) is 5.56. The molecule has 0 rings (SSSR count). The molecule has 0 aliphatic heterocycles. The van der Waals surface area contributed by atoms with E-state index in [4.69, 9.17) is 5.11 Å². The van der Waals surface area contributed by atoms with Crippen molar-refractivity contribution in [2.45, 2.75) is 27.2 Å². The fourth-order valence-corrected chi connectivity index (χ4v) is 0.454. The third kappa shape index (κ3) is 11.8. The van der Waals surface area contributed by atoms with Crippen molar-refractivity contribution in [1.29, 1.82) is 0 Å². The fourth-order valence-electron chi connectivity index (χ4n) is 0.454. The van der Waals surface area contributed by atoms with Gasteiger partial charge >= 0.3 is 35.5 Å². The summed E-state index contributed by atoms with van der Waals surface area (Å²) >= 11 is 0. The Bertz CT molecular complexity index is 93.7. The van der Waals surface area contributed by atoms with Crippen LogP contribution in [0.15, 0.2) is 0 Å². The van der Waals surface area contributed by atoms with E-state index in [1.165, 1.54) is 0 Å². The minimum absolute atomic E-state index is 0. The van der Waals surface area contributed by atoms with Crippen molar-refractivity contribution in [3.63, 3.8) is 0 Å². The third-order valence-electron chi connectivity index (χ3n) is 0.682. The molecule has 0 aliphatic carbocycles. The first-order valence-electron chi connectivity index (χ1n) is 2.63. The van der Waals surface area contributed by atoms with E-state index < -0.39 is 5.97 Å². The Hall–Kier alpha value is 0.470. The second-order valence-electron chi connectivity index (χ2n) is 3.13. The number of hydrogen-bond donors (Lipinski definition) is 1. The van der Waals surface area contributed by atoms with Gasteiger partial charge in [-0.2, -0.15) is 0 Å². The van der Waals surface area contributed by atoms with Crippen LogP contribution in [0, 0.1) is 5.41 Å². The van der Waals surface area contributed by atoms with Gasteiger partial charge < -0.3 is 5.11 Å². The van der Waals surface area contributed by atoms with Gasteiger partial charge in [0.2, 0.25) is 0 Å². The van der Waals surface area contributed by atoms with E-state index in [-0.39, 0.29) is 41.4 Å². The molecular weight excluding hydrogens is 127 g/mol. The van der Waals surface area contributed by atoms with Crippen LogP contribution in [0.1, 0.15) is 27.2 Å². The molecule has 2 nitrogen and oxygen atoms in total. The Morgan fingerprint density at radius 1 is 1.44 bits per heavy atom. The molecule has 0 aromatic heterocycles. The maximum absolute atomic E-state index is 10.0. The van der Waals surface area contributed by atoms with E-state index in [0.717, 1.165) is 0 Å². The predicted molar refractivity (Wildman–Crippen MR) is 38.9 cm³/mol. The van der Waals surface area contributed by atoms with Crippen molar-refractivity contribution in [3.05, 3.63) is 0 Å². The topological polar surface area (TPSA) is 37.3 Å². The van der Waals surface area contributed by atoms with Crippen molar-refractivity contribution in [2.75, 3.05) is 0 Å². The van der Waals surface area contributed by atoms with E-state index in [9.17, 15) is 4.79 Å². The SMILES string of the molecule is CC(C)(C)CC(=O)O.[NaH]. The summed E-state index contributed by atoms with van der Waals surface area (Å²) < 4.78 is 0. The van der Waals surface area contributed by atoms with Gasteiger partial charge in [0.1, 0.15) is 0 Å². The summed E-state index contributed by atoms with van der Waals surface area (Å²) in [6.07, 6.45) is 0.243. The number of carboxylic acids is 1. The summed E-state index contributed by atoms with van der Waals surface area (Å²) in [5, 5.41) is 8.25. The van der Waals surface area contributed by atoms with E-state index in [2.05, 4.69) is 0 Å². The van der Waals surface area contributed by atoms with E-state index in [0.29, 0.717) is 0 Å². The first kappa shape index (κ1) is 12.2. The fraction of sp³-hybridized carbons (Fsp3) is 0.833. The molecule has 0 radical (unpaired) electrons. The summed E-state index contributed by atoms with van der Waals surface area (Å²) in [7, 11) is 0. The molecule has 0 aromatic rings. The van der Waals surface area contributed by atoms with Gasteiger partial charge in [-0.3, -0.25) is 4.79 Å². The predicted octanol–water partition coefficient (Wildman–Crippen LogP) is 0.859. The van der Waals surface area contributed by atoms with E-state index in [1.54, 1.807) is 0 Å². The second kappa shape index (κ2) is 4.31. The summed E-state index contributed by atoms with van der Waals surface area (Å²) in [5.41, 5.74) is -0.0775. The summed E-state index contributed by atoms with van der Waals surface area (Å²) in [6.45, 7) is 5.71. The number of rotatable bonds is 1. The molecule has 0 saturated heterocycles. The summed E-state index contributed by atoms with van der Waals surface area (Å²) in [4.78, 5) is 10.0. The molecule has 0 heterocycles. The molecule has 0 aromatic carbocycles. The van der Waals surface area contributed by atoms with Crippen molar-refractivity contribution in [1.82, 2.24) is 0 Å². The molecule has 0 unspecified atom stereocenters. The summed E-state index contributed by atoms with van der Waals surface area (Å²) in [6, 6.07) is 0. The second-order valence-corrected chi connectivity index (χ2v) is 3.13. The minimum atomic E-state index is -0.725. The van der Waals surface area contributed by atoms with Gasteiger partial charge in [-0.25, -0.2) is 0 Å². The zero-order chi connectivity index (χ0) is 6.78. The van der Waals surface area contributed by atoms with Crippen LogP contribution in [-0.4, -0.2) is 40.6 Å². The standard InChI is InChI=1S/C6H12O2.Na.H/c1-6(2,3)4-5(7)8;;/h4H2,1-3H3,(H,7,8);;. The van der Waals surface area contributed by atoms with E-state index >= 15 is 0 Å². The number of aliphatic carboxylic acids is 1. The molecule has 0 fully saturated rings.